The van der Waals surface area contributed by atoms with E-state index in [1.165, 1.54) is 5.56 Å². The van der Waals surface area contributed by atoms with E-state index in [1.807, 2.05) is 19.1 Å². The van der Waals surface area contributed by atoms with Crippen molar-refractivity contribution < 1.29 is 4.74 Å². The zero-order chi connectivity index (χ0) is 15.5. The Kier molecular flexibility index (Phi) is 4.71. The highest BCUT2D eigenvalue weighted by atomic mass is 16.5. The van der Waals surface area contributed by atoms with E-state index < -0.39 is 0 Å². The van der Waals surface area contributed by atoms with Crippen LogP contribution in [0.1, 0.15) is 46.6 Å². The molecule has 0 atom stereocenters. The summed E-state index contributed by atoms with van der Waals surface area (Å²) in [4.78, 5) is 4.86. The molecule has 1 N–H and O–H groups in total. The zero-order valence-corrected chi connectivity index (χ0v) is 13.8. The van der Waals surface area contributed by atoms with E-state index >= 15 is 0 Å². The molecule has 114 valence electrons. The number of rotatable bonds is 5. The summed E-state index contributed by atoms with van der Waals surface area (Å²) in [7, 11) is 0. The summed E-state index contributed by atoms with van der Waals surface area (Å²) in [6, 6.07) is 8.35. The van der Waals surface area contributed by atoms with Gasteiger partial charge in [0.1, 0.15) is 17.1 Å². The predicted molar refractivity (Wildman–Crippen MR) is 90.4 cm³/mol. The van der Waals surface area contributed by atoms with Gasteiger partial charge in [-0.3, -0.25) is 0 Å². The van der Waals surface area contributed by atoms with Gasteiger partial charge in [-0.1, -0.05) is 39.8 Å². The van der Waals surface area contributed by atoms with Gasteiger partial charge in [0.15, 0.2) is 0 Å². The van der Waals surface area contributed by atoms with Crippen molar-refractivity contribution in [2.75, 3.05) is 18.5 Å². The van der Waals surface area contributed by atoms with Crippen LogP contribution in [0.25, 0.3) is 10.9 Å². The molecule has 0 fully saturated rings. The molecular formula is C18H26N2O. The second-order valence-corrected chi connectivity index (χ2v) is 6.32. The first kappa shape index (κ1) is 15.6. The SMILES string of the molecule is CCCNc1nc2c(OCC)cccc2cc1C(C)(C)C. The molecule has 0 aliphatic rings. The van der Waals surface area contributed by atoms with Crippen LogP contribution in [0.5, 0.6) is 5.75 Å². The van der Waals surface area contributed by atoms with Gasteiger partial charge >= 0.3 is 0 Å². The summed E-state index contributed by atoms with van der Waals surface area (Å²) in [5.74, 6) is 1.83. The van der Waals surface area contributed by atoms with E-state index in [4.69, 9.17) is 9.72 Å². The average molecular weight is 286 g/mol. The van der Waals surface area contributed by atoms with Crippen LogP contribution in [-0.2, 0) is 5.41 Å². The molecule has 0 saturated heterocycles. The van der Waals surface area contributed by atoms with E-state index in [2.05, 4.69) is 45.1 Å². The second kappa shape index (κ2) is 6.33. The van der Waals surface area contributed by atoms with Gasteiger partial charge in [0.25, 0.3) is 0 Å². The molecule has 0 saturated carbocycles. The highest BCUT2D eigenvalue weighted by molar-refractivity contribution is 5.87. The van der Waals surface area contributed by atoms with E-state index in [0.29, 0.717) is 6.61 Å². The molecule has 3 nitrogen and oxygen atoms in total. The van der Waals surface area contributed by atoms with Gasteiger partial charge in [0.2, 0.25) is 0 Å². The minimum absolute atomic E-state index is 0.0544. The fourth-order valence-electron chi connectivity index (χ4n) is 2.39. The van der Waals surface area contributed by atoms with Crippen molar-refractivity contribution >= 4 is 16.7 Å². The summed E-state index contributed by atoms with van der Waals surface area (Å²) in [5, 5.41) is 4.60. The van der Waals surface area contributed by atoms with Gasteiger partial charge in [-0.25, -0.2) is 4.98 Å². The molecule has 1 heterocycles. The van der Waals surface area contributed by atoms with Gasteiger partial charge < -0.3 is 10.1 Å². The number of fused-ring (bicyclic) bond motifs is 1. The van der Waals surface area contributed by atoms with Gasteiger partial charge in [0.05, 0.1) is 6.61 Å². The Morgan fingerprint density at radius 2 is 1.95 bits per heavy atom. The maximum Gasteiger partial charge on any atom is 0.145 e. The van der Waals surface area contributed by atoms with Crippen LogP contribution in [0.15, 0.2) is 24.3 Å². The molecule has 21 heavy (non-hydrogen) atoms. The van der Waals surface area contributed by atoms with Crippen LogP contribution in [0.3, 0.4) is 0 Å². The summed E-state index contributed by atoms with van der Waals surface area (Å²) in [6.45, 7) is 12.4. The number of ether oxygens (including phenoxy) is 1. The Bertz CT molecular complexity index is 614. The Labute approximate surface area is 127 Å². The number of hydrogen-bond acceptors (Lipinski definition) is 3. The number of nitrogens with zero attached hydrogens (tertiary/aromatic N) is 1. The summed E-state index contributed by atoms with van der Waals surface area (Å²) >= 11 is 0. The van der Waals surface area contributed by atoms with Gasteiger partial charge in [-0.05, 0) is 30.9 Å². The van der Waals surface area contributed by atoms with Crippen molar-refractivity contribution in [3.05, 3.63) is 29.8 Å². The molecule has 2 rings (SSSR count). The molecule has 0 spiro atoms. The predicted octanol–water partition coefficient (Wildman–Crippen LogP) is 4.75. The van der Waals surface area contributed by atoms with Crippen molar-refractivity contribution in [1.82, 2.24) is 4.98 Å². The second-order valence-electron chi connectivity index (χ2n) is 6.32. The zero-order valence-electron chi connectivity index (χ0n) is 13.8. The Morgan fingerprint density at radius 1 is 1.19 bits per heavy atom. The Balaban J connectivity index is 2.62. The smallest absolute Gasteiger partial charge is 0.145 e. The van der Waals surface area contributed by atoms with Gasteiger partial charge in [-0.15, -0.1) is 0 Å². The van der Waals surface area contributed by atoms with Crippen molar-refractivity contribution in [3.63, 3.8) is 0 Å². The van der Waals surface area contributed by atoms with E-state index in [1.54, 1.807) is 0 Å². The third-order valence-corrected chi connectivity index (χ3v) is 3.46. The monoisotopic (exact) mass is 286 g/mol. The number of para-hydroxylation sites is 1. The van der Waals surface area contributed by atoms with Gasteiger partial charge in [0, 0.05) is 17.5 Å². The first-order chi connectivity index (χ1) is 9.97. The van der Waals surface area contributed by atoms with Crippen LogP contribution < -0.4 is 10.1 Å². The number of benzene rings is 1. The van der Waals surface area contributed by atoms with Gasteiger partial charge in [-0.2, -0.15) is 0 Å². The molecular weight excluding hydrogens is 260 g/mol. The topological polar surface area (TPSA) is 34.2 Å². The molecule has 0 aliphatic heterocycles. The van der Waals surface area contributed by atoms with Crippen molar-refractivity contribution in [2.24, 2.45) is 0 Å². The number of nitrogens with one attached hydrogen (secondary N) is 1. The maximum atomic E-state index is 5.71. The number of anilines is 1. The lowest BCUT2D eigenvalue weighted by molar-refractivity contribution is 0.343. The molecule has 3 heteroatoms. The summed E-state index contributed by atoms with van der Waals surface area (Å²) in [6.07, 6.45) is 1.08. The number of hydrogen-bond donors (Lipinski definition) is 1. The van der Waals surface area contributed by atoms with Crippen molar-refractivity contribution in [2.45, 2.75) is 46.5 Å². The standard InChI is InChI=1S/C18H26N2O/c1-6-11-19-17-14(18(3,4)5)12-13-9-8-10-15(21-7-2)16(13)20-17/h8-10,12H,6-7,11H2,1-5H3,(H,19,20). The van der Waals surface area contributed by atoms with Crippen LogP contribution in [0, 0.1) is 0 Å². The van der Waals surface area contributed by atoms with Crippen LogP contribution in [-0.4, -0.2) is 18.1 Å². The molecule has 0 amide bonds. The Morgan fingerprint density at radius 3 is 2.57 bits per heavy atom. The lowest BCUT2D eigenvalue weighted by atomic mass is 9.86. The van der Waals surface area contributed by atoms with Crippen molar-refractivity contribution in [3.8, 4) is 5.75 Å². The highest BCUT2D eigenvalue weighted by Gasteiger charge is 2.20. The molecule has 0 bridgehead atoms. The van der Waals surface area contributed by atoms with Crippen LogP contribution in [0.4, 0.5) is 5.82 Å². The molecule has 1 aromatic carbocycles. The summed E-state index contributed by atoms with van der Waals surface area (Å²) in [5.41, 5.74) is 2.24. The molecule has 0 unspecified atom stereocenters. The molecule has 0 radical (unpaired) electrons. The first-order valence-corrected chi connectivity index (χ1v) is 7.78. The minimum atomic E-state index is 0.0544. The minimum Gasteiger partial charge on any atom is -0.492 e. The average Bonchev–Trinajstić information content (AvgIpc) is 2.44. The van der Waals surface area contributed by atoms with Crippen LogP contribution in [0.2, 0.25) is 0 Å². The third-order valence-electron chi connectivity index (χ3n) is 3.46. The lowest BCUT2D eigenvalue weighted by Gasteiger charge is -2.23. The molecule has 2 aromatic rings. The quantitative estimate of drug-likeness (QED) is 0.861. The summed E-state index contributed by atoms with van der Waals surface area (Å²) < 4.78 is 5.71. The van der Waals surface area contributed by atoms with Crippen LogP contribution >= 0.6 is 0 Å². The molecule has 0 aliphatic carbocycles. The van der Waals surface area contributed by atoms with E-state index in [-0.39, 0.29) is 5.41 Å². The highest BCUT2D eigenvalue weighted by Crippen LogP contribution is 2.34. The number of aromatic nitrogens is 1. The normalized spacial score (nSPS) is 11.7. The van der Waals surface area contributed by atoms with E-state index in [0.717, 1.165) is 35.4 Å². The maximum absolute atomic E-state index is 5.71. The fourth-order valence-corrected chi connectivity index (χ4v) is 2.39. The first-order valence-electron chi connectivity index (χ1n) is 7.78. The largest absolute Gasteiger partial charge is 0.492 e. The van der Waals surface area contributed by atoms with Crippen molar-refractivity contribution in [1.29, 1.82) is 0 Å². The Hall–Kier alpha value is -1.77. The lowest BCUT2D eigenvalue weighted by Crippen LogP contribution is -2.16. The number of pyridine rings is 1. The van der Waals surface area contributed by atoms with E-state index in [9.17, 15) is 0 Å². The third kappa shape index (κ3) is 3.46. The molecule has 1 aromatic heterocycles. The fraction of sp³-hybridized carbons (Fsp3) is 0.500.